The van der Waals surface area contributed by atoms with Crippen LogP contribution in [0.5, 0.6) is 5.75 Å². The molecule has 1 N–H and O–H groups in total. The number of nitrogens with zero attached hydrogens (tertiary/aromatic N) is 3. The second kappa shape index (κ2) is 9.36. The van der Waals surface area contributed by atoms with Gasteiger partial charge in [0.05, 0.1) is 21.8 Å². The van der Waals surface area contributed by atoms with Crippen LogP contribution in [0.1, 0.15) is 10.4 Å². The van der Waals surface area contributed by atoms with Gasteiger partial charge in [0.2, 0.25) is 0 Å². The lowest BCUT2D eigenvalue weighted by molar-refractivity contribution is -0.274. The van der Waals surface area contributed by atoms with Gasteiger partial charge in [0.1, 0.15) is 10.6 Å². The lowest BCUT2D eigenvalue weighted by Crippen LogP contribution is -2.21. The molecule has 0 fully saturated rings. The van der Waals surface area contributed by atoms with Gasteiger partial charge in [0.25, 0.3) is 15.9 Å². The number of fused-ring (bicyclic) bond motifs is 1. The molecule has 0 aliphatic heterocycles. The Labute approximate surface area is 208 Å². The van der Waals surface area contributed by atoms with E-state index in [1.54, 1.807) is 26.2 Å². The second-order valence-corrected chi connectivity index (χ2v) is 10.0. The largest absolute Gasteiger partial charge is 0.573 e. The molecule has 4 rings (SSSR count). The first-order valence-electron chi connectivity index (χ1n) is 10.2. The Kier molecular flexibility index (Phi) is 6.58. The fourth-order valence-electron chi connectivity index (χ4n) is 3.45. The summed E-state index contributed by atoms with van der Waals surface area (Å²) in [5, 5.41) is 3.27. The number of hydrogen-bond acceptors (Lipinski definition) is 6. The average molecular weight is 539 g/mol. The first kappa shape index (κ1) is 25.3. The number of nitrogens with one attached hydrogen (secondary N) is 1. The second-order valence-electron chi connectivity index (χ2n) is 7.78. The van der Waals surface area contributed by atoms with Gasteiger partial charge in [-0.1, -0.05) is 11.6 Å². The van der Waals surface area contributed by atoms with Crippen LogP contribution < -0.4 is 10.1 Å². The summed E-state index contributed by atoms with van der Waals surface area (Å²) in [6.45, 7) is 0. The molecule has 0 bridgehead atoms. The summed E-state index contributed by atoms with van der Waals surface area (Å²) in [6.07, 6.45) is -0.989. The van der Waals surface area contributed by atoms with E-state index in [9.17, 15) is 26.4 Å². The van der Waals surface area contributed by atoms with Crippen molar-refractivity contribution in [3.8, 4) is 5.75 Å². The minimum absolute atomic E-state index is 0.0568. The molecule has 0 saturated heterocycles. The number of benzene rings is 2. The standard InChI is InChI=1S/C23H18ClF3N4O4S/c1-30(2)22(32)18-13-31(36(33,34)16-4-3-9-28-12-16)21-10-14(5-7-17(18)21)29-20-8-6-15(11-19(20)24)35-23(25,26)27/h3-13,29H,1-2H3. The topological polar surface area (TPSA) is 93.5 Å². The Balaban J connectivity index is 1.80. The monoisotopic (exact) mass is 538 g/mol. The lowest BCUT2D eigenvalue weighted by atomic mass is 10.1. The van der Waals surface area contributed by atoms with E-state index in [2.05, 4.69) is 15.0 Å². The zero-order valence-corrected chi connectivity index (χ0v) is 20.3. The molecule has 0 aliphatic rings. The SMILES string of the molecule is CN(C)C(=O)c1cn(S(=O)(=O)c2cccnc2)c2cc(Nc3ccc(OC(F)(F)F)cc3Cl)ccc12. The lowest BCUT2D eigenvalue weighted by Gasteiger charge is -2.13. The van der Waals surface area contributed by atoms with Crippen LogP contribution in [0, 0.1) is 0 Å². The normalized spacial score (nSPS) is 11.9. The first-order chi connectivity index (χ1) is 16.9. The van der Waals surface area contributed by atoms with Crippen molar-refractivity contribution >= 4 is 49.8 Å². The molecule has 0 spiro atoms. The van der Waals surface area contributed by atoms with E-state index in [0.717, 1.165) is 16.1 Å². The van der Waals surface area contributed by atoms with Crippen LogP contribution in [0.25, 0.3) is 10.9 Å². The van der Waals surface area contributed by atoms with Gasteiger partial charge in [-0.15, -0.1) is 13.2 Å². The number of carbonyl (C=O) groups excluding carboxylic acids is 1. The molecule has 2 aromatic carbocycles. The van der Waals surface area contributed by atoms with E-state index in [4.69, 9.17) is 11.6 Å². The Morgan fingerprint density at radius 1 is 1.14 bits per heavy atom. The predicted octanol–water partition coefficient (Wildman–Crippen LogP) is 5.27. The Morgan fingerprint density at radius 2 is 1.89 bits per heavy atom. The van der Waals surface area contributed by atoms with Crippen LogP contribution in [0.15, 0.2) is 72.0 Å². The Hall–Kier alpha value is -3.77. The van der Waals surface area contributed by atoms with Crippen molar-refractivity contribution in [2.24, 2.45) is 0 Å². The number of anilines is 2. The Bertz CT molecular complexity index is 1560. The summed E-state index contributed by atoms with van der Waals surface area (Å²) in [7, 11) is -1.02. The molecule has 4 aromatic rings. The molecular weight excluding hydrogens is 521 g/mol. The van der Waals surface area contributed by atoms with E-state index in [0.29, 0.717) is 11.1 Å². The molecule has 1 amide bonds. The third-order valence-electron chi connectivity index (χ3n) is 5.05. The third-order valence-corrected chi connectivity index (χ3v) is 7.02. The highest BCUT2D eigenvalue weighted by Crippen LogP contribution is 2.34. The van der Waals surface area contributed by atoms with Crippen molar-refractivity contribution in [3.63, 3.8) is 0 Å². The zero-order valence-electron chi connectivity index (χ0n) is 18.7. The van der Waals surface area contributed by atoms with Crippen molar-refractivity contribution in [3.05, 3.63) is 77.7 Å². The highest BCUT2D eigenvalue weighted by molar-refractivity contribution is 7.90. The summed E-state index contributed by atoms with van der Waals surface area (Å²) in [5.74, 6) is -0.888. The zero-order chi connectivity index (χ0) is 26.3. The highest BCUT2D eigenvalue weighted by atomic mass is 35.5. The number of hydrogen-bond donors (Lipinski definition) is 1. The molecule has 36 heavy (non-hydrogen) atoms. The highest BCUT2D eigenvalue weighted by Gasteiger charge is 2.31. The molecule has 0 radical (unpaired) electrons. The van der Waals surface area contributed by atoms with Crippen molar-refractivity contribution in [2.75, 3.05) is 19.4 Å². The minimum Gasteiger partial charge on any atom is -0.406 e. The summed E-state index contributed by atoms with van der Waals surface area (Å²) in [6, 6.07) is 10.9. The smallest absolute Gasteiger partial charge is 0.406 e. The first-order valence-corrected chi connectivity index (χ1v) is 12.0. The fourth-order valence-corrected chi connectivity index (χ4v) is 4.99. The van der Waals surface area contributed by atoms with E-state index in [-0.39, 0.29) is 26.7 Å². The van der Waals surface area contributed by atoms with Crippen LogP contribution in [0.2, 0.25) is 5.02 Å². The summed E-state index contributed by atoms with van der Waals surface area (Å²) < 4.78 is 69.0. The predicted molar refractivity (Wildman–Crippen MR) is 128 cm³/mol. The number of halogens is 4. The summed E-state index contributed by atoms with van der Waals surface area (Å²) in [5.41, 5.74) is 0.990. The molecule has 188 valence electrons. The van der Waals surface area contributed by atoms with Crippen molar-refractivity contribution in [1.82, 2.24) is 13.9 Å². The third kappa shape index (κ3) is 5.09. The maximum Gasteiger partial charge on any atom is 0.573 e. The van der Waals surface area contributed by atoms with Crippen LogP contribution in [-0.2, 0) is 10.0 Å². The van der Waals surface area contributed by atoms with Crippen molar-refractivity contribution in [1.29, 1.82) is 0 Å². The molecule has 0 aliphatic carbocycles. The van der Waals surface area contributed by atoms with Gasteiger partial charge in [-0.3, -0.25) is 9.78 Å². The van der Waals surface area contributed by atoms with Crippen LogP contribution in [0.4, 0.5) is 24.5 Å². The van der Waals surface area contributed by atoms with Crippen LogP contribution in [0.3, 0.4) is 0 Å². The van der Waals surface area contributed by atoms with Crippen molar-refractivity contribution < 1.29 is 31.1 Å². The molecule has 8 nitrogen and oxygen atoms in total. The maximum absolute atomic E-state index is 13.4. The number of amides is 1. The number of aromatic nitrogens is 2. The number of alkyl halides is 3. The summed E-state index contributed by atoms with van der Waals surface area (Å²) in [4.78, 5) is 17.9. The average Bonchev–Trinajstić information content (AvgIpc) is 3.19. The van der Waals surface area contributed by atoms with Crippen LogP contribution in [-0.4, -0.2) is 48.6 Å². The number of carbonyl (C=O) groups is 1. The maximum atomic E-state index is 13.4. The van der Waals surface area contributed by atoms with Gasteiger partial charge in [-0.25, -0.2) is 12.4 Å². The molecule has 0 unspecified atom stereocenters. The fraction of sp³-hybridized carbons (Fsp3) is 0.130. The number of ether oxygens (including phenoxy) is 1. The molecular formula is C23H18ClF3N4O4S. The van der Waals surface area contributed by atoms with Gasteiger partial charge in [-0.2, -0.15) is 0 Å². The van der Waals surface area contributed by atoms with E-state index >= 15 is 0 Å². The van der Waals surface area contributed by atoms with Gasteiger partial charge in [-0.05, 0) is 42.5 Å². The molecule has 0 saturated carbocycles. The quantitative estimate of drug-likeness (QED) is 0.359. The number of pyridine rings is 1. The van der Waals surface area contributed by atoms with E-state index in [1.807, 2.05) is 0 Å². The molecule has 13 heteroatoms. The molecule has 2 heterocycles. The van der Waals surface area contributed by atoms with Gasteiger partial charge in [0, 0.05) is 49.8 Å². The van der Waals surface area contributed by atoms with Crippen LogP contribution >= 0.6 is 11.6 Å². The van der Waals surface area contributed by atoms with E-state index in [1.165, 1.54) is 47.8 Å². The molecule has 2 aromatic heterocycles. The van der Waals surface area contributed by atoms with E-state index < -0.39 is 28.0 Å². The molecule has 0 atom stereocenters. The van der Waals surface area contributed by atoms with Gasteiger partial charge < -0.3 is 15.0 Å². The Morgan fingerprint density at radius 3 is 2.50 bits per heavy atom. The minimum atomic E-state index is -4.86. The van der Waals surface area contributed by atoms with Gasteiger partial charge in [0.15, 0.2) is 0 Å². The van der Waals surface area contributed by atoms with Crippen molar-refractivity contribution in [2.45, 2.75) is 11.3 Å². The number of rotatable bonds is 6. The summed E-state index contributed by atoms with van der Waals surface area (Å²) >= 11 is 6.12. The van der Waals surface area contributed by atoms with Gasteiger partial charge >= 0.3 is 6.36 Å².